The van der Waals surface area contributed by atoms with Crippen molar-refractivity contribution in [3.8, 4) is 0 Å². The molecule has 0 unspecified atom stereocenters. The van der Waals surface area contributed by atoms with Crippen LogP contribution in [-0.4, -0.2) is 21.4 Å². The van der Waals surface area contributed by atoms with Crippen LogP contribution in [0.15, 0.2) is 36.4 Å². The molecular formula is C18H16ClFN4O2. The van der Waals surface area contributed by atoms with Crippen LogP contribution in [0.1, 0.15) is 33.5 Å². The van der Waals surface area contributed by atoms with Crippen molar-refractivity contribution in [2.45, 2.75) is 20.4 Å². The first kappa shape index (κ1) is 17.9. The number of fused-ring (bicyclic) bond motifs is 1. The Balaban J connectivity index is 1.73. The van der Waals surface area contributed by atoms with E-state index in [2.05, 4.69) is 15.8 Å². The molecule has 0 fully saturated rings. The van der Waals surface area contributed by atoms with Gasteiger partial charge in [0.25, 0.3) is 11.8 Å². The molecule has 0 atom stereocenters. The van der Waals surface area contributed by atoms with Crippen LogP contribution in [0.5, 0.6) is 0 Å². The summed E-state index contributed by atoms with van der Waals surface area (Å²) in [7, 11) is 0. The first-order chi connectivity index (χ1) is 12.4. The van der Waals surface area contributed by atoms with Gasteiger partial charge in [-0.25, -0.2) is 9.37 Å². The van der Waals surface area contributed by atoms with Crippen molar-refractivity contribution >= 4 is 34.4 Å². The second-order valence-electron chi connectivity index (χ2n) is 5.64. The molecule has 0 aliphatic rings. The van der Waals surface area contributed by atoms with Gasteiger partial charge in [0.05, 0.1) is 21.6 Å². The van der Waals surface area contributed by atoms with E-state index < -0.39 is 17.6 Å². The fraction of sp³-hybridized carbons (Fsp3) is 0.167. The summed E-state index contributed by atoms with van der Waals surface area (Å²) >= 11 is 5.83. The summed E-state index contributed by atoms with van der Waals surface area (Å²) in [6.45, 7) is 4.70. The molecule has 3 aromatic rings. The van der Waals surface area contributed by atoms with Crippen molar-refractivity contribution in [3.05, 3.63) is 64.2 Å². The Morgan fingerprint density at radius 2 is 1.88 bits per heavy atom. The summed E-state index contributed by atoms with van der Waals surface area (Å²) in [5, 5.41) is -0.0428. The minimum Gasteiger partial charge on any atom is -0.329 e. The number of benzene rings is 2. The van der Waals surface area contributed by atoms with Crippen LogP contribution >= 0.6 is 11.6 Å². The molecule has 1 aromatic heterocycles. The van der Waals surface area contributed by atoms with Gasteiger partial charge in [0.1, 0.15) is 11.6 Å². The number of hydrogen-bond donors (Lipinski definition) is 2. The van der Waals surface area contributed by atoms with Crippen molar-refractivity contribution in [2.75, 3.05) is 0 Å². The average Bonchev–Trinajstić information content (AvgIpc) is 2.93. The minimum atomic E-state index is -0.643. The molecule has 0 spiro atoms. The Hall–Kier alpha value is -2.93. The highest BCUT2D eigenvalue weighted by molar-refractivity contribution is 6.33. The lowest BCUT2D eigenvalue weighted by Gasteiger charge is -2.09. The van der Waals surface area contributed by atoms with E-state index in [1.807, 2.05) is 24.5 Å². The molecule has 0 saturated carbocycles. The molecule has 6 nitrogen and oxygen atoms in total. The molecule has 1 heterocycles. The average molecular weight is 375 g/mol. The van der Waals surface area contributed by atoms with Crippen LogP contribution in [0.4, 0.5) is 4.39 Å². The quantitative estimate of drug-likeness (QED) is 0.691. The number of hydrogen-bond acceptors (Lipinski definition) is 3. The number of carbonyl (C=O) groups is 2. The topological polar surface area (TPSA) is 76.0 Å². The number of carbonyl (C=O) groups excluding carboxylic acids is 2. The second-order valence-corrected chi connectivity index (χ2v) is 6.05. The monoisotopic (exact) mass is 374 g/mol. The fourth-order valence-corrected chi connectivity index (χ4v) is 2.97. The van der Waals surface area contributed by atoms with Crippen LogP contribution in [0.3, 0.4) is 0 Å². The predicted molar refractivity (Wildman–Crippen MR) is 96.5 cm³/mol. The summed E-state index contributed by atoms with van der Waals surface area (Å²) in [4.78, 5) is 28.8. The van der Waals surface area contributed by atoms with Crippen molar-refractivity contribution in [2.24, 2.45) is 0 Å². The molecule has 3 rings (SSSR count). The van der Waals surface area contributed by atoms with Gasteiger partial charge in [-0.1, -0.05) is 11.6 Å². The lowest BCUT2D eigenvalue weighted by molar-refractivity contribution is 0.0847. The van der Waals surface area contributed by atoms with Crippen LogP contribution in [-0.2, 0) is 6.54 Å². The zero-order chi connectivity index (χ0) is 18.8. The fourth-order valence-electron chi connectivity index (χ4n) is 2.72. The molecule has 0 aliphatic carbocycles. The van der Waals surface area contributed by atoms with Crippen molar-refractivity contribution in [1.82, 2.24) is 20.4 Å². The summed E-state index contributed by atoms with van der Waals surface area (Å²) in [6, 6.07) is 8.50. The molecule has 0 saturated heterocycles. The van der Waals surface area contributed by atoms with E-state index in [4.69, 9.17) is 11.6 Å². The van der Waals surface area contributed by atoms with Gasteiger partial charge in [0, 0.05) is 12.1 Å². The first-order valence-corrected chi connectivity index (χ1v) is 8.31. The maximum atomic E-state index is 13.0. The number of halogens is 2. The summed E-state index contributed by atoms with van der Waals surface area (Å²) < 4.78 is 15.1. The number of nitrogens with zero attached hydrogens (tertiary/aromatic N) is 2. The standard InChI is InChI=1S/C18H16ClFN4O2/c1-3-24-10(2)21-15-8-11(4-7-16(15)24)17(25)22-23-18(26)13-6-5-12(20)9-14(13)19/h4-9H,3H2,1-2H3,(H,22,25)(H,23,26). The molecule has 26 heavy (non-hydrogen) atoms. The van der Waals surface area contributed by atoms with Crippen molar-refractivity contribution in [1.29, 1.82) is 0 Å². The second kappa shape index (κ2) is 7.13. The summed E-state index contributed by atoms with van der Waals surface area (Å²) in [6.07, 6.45) is 0. The zero-order valence-electron chi connectivity index (χ0n) is 14.1. The Bertz CT molecular complexity index is 1020. The molecule has 0 bridgehead atoms. The number of nitrogens with one attached hydrogen (secondary N) is 2. The molecule has 2 N–H and O–H groups in total. The predicted octanol–water partition coefficient (Wildman–Crippen LogP) is 3.23. The highest BCUT2D eigenvalue weighted by Crippen LogP contribution is 2.18. The van der Waals surface area contributed by atoms with Gasteiger partial charge in [0.2, 0.25) is 0 Å². The maximum absolute atomic E-state index is 13.0. The molecule has 8 heteroatoms. The lowest BCUT2D eigenvalue weighted by atomic mass is 10.2. The smallest absolute Gasteiger partial charge is 0.271 e. The largest absolute Gasteiger partial charge is 0.329 e. The number of amides is 2. The summed E-state index contributed by atoms with van der Waals surface area (Å²) in [5.41, 5.74) is 6.62. The third kappa shape index (κ3) is 3.39. The van der Waals surface area contributed by atoms with E-state index >= 15 is 0 Å². The van der Waals surface area contributed by atoms with E-state index in [1.165, 1.54) is 6.07 Å². The Morgan fingerprint density at radius 1 is 1.15 bits per heavy atom. The number of imidazole rings is 1. The van der Waals surface area contributed by atoms with Gasteiger partial charge in [0.15, 0.2) is 0 Å². The molecule has 2 aromatic carbocycles. The van der Waals surface area contributed by atoms with E-state index in [-0.39, 0.29) is 10.6 Å². The molecular weight excluding hydrogens is 359 g/mol. The van der Waals surface area contributed by atoms with E-state index in [9.17, 15) is 14.0 Å². The minimum absolute atomic E-state index is 0.0428. The van der Waals surface area contributed by atoms with Gasteiger partial charge < -0.3 is 4.57 Å². The van der Waals surface area contributed by atoms with Gasteiger partial charge >= 0.3 is 0 Å². The van der Waals surface area contributed by atoms with Gasteiger partial charge in [-0.05, 0) is 50.2 Å². The number of rotatable bonds is 3. The normalized spacial score (nSPS) is 10.8. The lowest BCUT2D eigenvalue weighted by Crippen LogP contribution is -2.41. The number of aromatic nitrogens is 2. The van der Waals surface area contributed by atoms with Crippen LogP contribution in [0.25, 0.3) is 11.0 Å². The van der Waals surface area contributed by atoms with E-state index in [0.717, 1.165) is 30.0 Å². The highest BCUT2D eigenvalue weighted by Gasteiger charge is 2.14. The van der Waals surface area contributed by atoms with Crippen LogP contribution in [0, 0.1) is 12.7 Å². The number of aryl methyl sites for hydroxylation is 2. The van der Waals surface area contributed by atoms with Crippen LogP contribution < -0.4 is 10.9 Å². The van der Waals surface area contributed by atoms with E-state index in [0.29, 0.717) is 11.1 Å². The van der Waals surface area contributed by atoms with Crippen molar-refractivity contribution in [3.63, 3.8) is 0 Å². The third-order valence-corrected chi connectivity index (χ3v) is 4.30. The summed E-state index contributed by atoms with van der Waals surface area (Å²) in [5.74, 6) is -0.831. The SMILES string of the molecule is CCn1c(C)nc2cc(C(=O)NNC(=O)c3ccc(F)cc3Cl)ccc21. The van der Waals surface area contributed by atoms with Gasteiger partial charge in [-0.2, -0.15) is 0 Å². The molecule has 2 amide bonds. The molecule has 0 radical (unpaired) electrons. The Kier molecular flexibility index (Phi) is 4.90. The van der Waals surface area contributed by atoms with Gasteiger partial charge in [-0.15, -0.1) is 0 Å². The highest BCUT2D eigenvalue weighted by atomic mass is 35.5. The Labute approximate surface area is 153 Å². The van der Waals surface area contributed by atoms with E-state index in [1.54, 1.807) is 12.1 Å². The zero-order valence-corrected chi connectivity index (χ0v) is 14.9. The molecule has 0 aliphatic heterocycles. The molecule has 134 valence electrons. The van der Waals surface area contributed by atoms with Gasteiger partial charge in [-0.3, -0.25) is 20.4 Å². The van der Waals surface area contributed by atoms with Crippen molar-refractivity contribution < 1.29 is 14.0 Å². The Morgan fingerprint density at radius 3 is 2.58 bits per heavy atom. The third-order valence-electron chi connectivity index (χ3n) is 3.98. The number of hydrazine groups is 1. The maximum Gasteiger partial charge on any atom is 0.271 e. The van der Waals surface area contributed by atoms with Crippen LogP contribution in [0.2, 0.25) is 5.02 Å². The first-order valence-electron chi connectivity index (χ1n) is 7.93.